The van der Waals surface area contributed by atoms with Crippen LogP contribution in [0.15, 0.2) is 65.3 Å². The van der Waals surface area contributed by atoms with Crippen molar-refractivity contribution < 1.29 is 19.1 Å². The lowest BCUT2D eigenvalue weighted by Crippen LogP contribution is -2.30. The highest BCUT2D eigenvalue weighted by Gasteiger charge is 2.33. The first kappa shape index (κ1) is 24.3. The molecule has 2 heterocycles. The van der Waals surface area contributed by atoms with E-state index in [1.165, 1.54) is 16.7 Å². The van der Waals surface area contributed by atoms with E-state index in [-0.39, 0.29) is 17.4 Å². The van der Waals surface area contributed by atoms with Crippen LogP contribution in [0.25, 0.3) is 6.08 Å². The normalized spacial score (nSPS) is 14.4. The fourth-order valence-electron chi connectivity index (χ4n) is 3.77. The molecule has 0 saturated heterocycles. The summed E-state index contributed by atoms with van der Waals surface area (Å²) in [5.74, 6) is 1.23. The lowest BCUT2D eigenvalue weighted by atomic mass is 10.2. The van der Waals surface area contributed by atoms with Gasteiger partial charge in [-0.3, -0.25) is 14.5 Å². The van der Waals surface area contributed by atoms with Gasteiger partial charge >= 0.3 is 0 Å². The molecule has 0 atom stereocenters. The minimum atomic E-state index is -0.268. The number of amidine groups is 1. The molecule has 7 nitrogen and oxygen atoms in total. The molecule has 35 heavy (non-hydrogen) atoms. The number of anilines is 1. The van der Waals surface area contributed by atoms with Crippen molar-refractivity contribution in [1.82, 2.24) is 4.57 Å². The van der Waals surface area contributed by atoms with Crippen LogP contribution < -0.4 is 14.4 Å². The molecule has 0 aliphatic carbocycles. The van der Waals surface area contributed by atoms with Gasteiger partial charge in [0, 0.05) is 30.1 Å². The van der Waals surface area contributed by atoms with E-state index in [9.17, 15) is 9.59 Å². The van der Waals surface area contributed by atoms with Gasteiger partial charge in [-0.05, 0) is 55.8 Å². The SMILES string of the molecule is COc1ccc(/C=C2\N=C(SCC(=O)c3cc(C)n(C)c3C)N(c3cccc(OC)c3)C2=O)cc1. The quantitative estimate of drug-likeness (QED) is 0.344. The number of methoxy groups -OCH3 is 2. The number of aliphatic imine (C=N–C) groups is 1. The van der Waals surface area contributed by atoms with Gasteiger partial charge in [0.1, 0.15) is 17.2 Å². The largest absolute Gasteiger partial charge is 0.497 e. The third-order valence-corrected chi connectivity index (χ3v) is 6.91. The number of Topliss-reactive ketones (excluding diaryl/α,β-unsaturated/α-hetero) is 1. The second-order valence-electron chi connectivity index (χ2n) is 8.09. The van der Waals surface area contributed by atoms with Crippen molar-refractivity contribution in [1.29, 1.82) is 0 Å². The summed E-state index contributed by atoms with van der Waals surface area (Å²) in [7, 11) is 5.12. The topological polar surface area (TPSA) is 73.1 Å². The number of carbonyl (C=O) groups is 2. The summed E-state index contributed by atoms with van der Waals surface area (Å²) in [6.07, 6.45) is 1.73. The zero-order valence-corrected chi connectivity index (χ0v) is 21.2. The number of aromatic nitrogens is 1. The summed E-state index contributed by atoms with van der Waals surface area (Å²) in [6, 6.07) is 16.5. The summed E-state index contributed by atoms with van der Waals surface area (Å²) >= 11 is 1.25. The highest BCUT2D eigenvalue weighted by Crippen LogP contribution is 2.32. The van der Waals surface area contributed by atoms with E-state index in [1.54, 1.807) is 26.4 Å². The number of nitrogens with zero attached hydrogens (tertiary/aromatic N) is 3. The molecular weight excluding hydrogens is 462 g/mol. The van der Waals surface area contributed by atoms with Crippen LogP contribution in [0.5, 0.6) is 11.5 Å². The predicted molar refractivity (Wildman–Crippen MR) is 141 cm³/mol. The molecule has 1 amide bonds. The molecule has 0 saturated carbocycles. The summed E-state index contributed by atoms with van der Waals surface area (Å²) in [4.78, 5) is 32.6. The lowest BCUT2D eigenvalue weighted by molar-refractivity contribution is -0.113. The second-order valence-corrected chi connectivity index (χ2v) is 9.04. The van der Waals surface area contributed by atoms with Crippen LogP contribution >= 0.6 is 11.8 Å². The minimum Gasteiger partial charge on any atom is -0.497 e. The number of ketones is 1. The Morgan fingerprint density at radius 3 is 2.37 bits per heavy atom. The fraction of sp³-hybridized carbons (Fsp3) is 0.222. The average molecular weight is 490 g/mol. The second kappa shape index (κ2) is 10.2. The van der Waals surface area contributed by atoms with Gasteiger partial charge in [0.25, 0.3) is 5.91 Å². The number of hydrogen-bond donors (Lipinski definition) is 0. The zero-order valence-electron chi connectivity index (χ0n) is 20.4. The highest BCUT2D eigenvalue weighted by molar-refractivity contribution is 8.14. The van der Waals surface area contributed by atoms with Crippen LogP contribution in [0.4, 0.5) is 5.69 Å². The van der Waals surface area contributed by atoms with Crippen LogP contribution in [-0.4, -0.2) is 41.4 Å². The van der Waals surface area contributed by atoms with E-state index in [0.717, 1.165) is 22.7 Å². The molecule has 180 valence electrons. The Morgan fingerprint density at radius 1 is 1.03 bits per heavy atom. The van der Waals surface area contributed by atoms with E-state index >= 15 is 0 Å². The Morgan fingerprint density at radius 2 is 1.74 bits per heavy atom. The number of benzene rings is 2. The van der Waals surface area contributed by atoms with Crippen LogP contribution in [0.2, 0.25) is 0 Å². The Kier molecular flexibility index (Phi) is 7.12. The number of rotatable bonds is 7. The molecule has 1 aliphatic rings. The Bertz CT molecular complexity index is 1340. The van der Waals surface area contributed by atoms with Gasteiger partial charge in [-0.15, -0.1) is 0 Å². The van der Waals surface area contributed by atoms with E-state index < -0.39 is 0 Å². The van der Waals surface area contributed by atoms with Gasteiger partial charge in [0.05, 0.1) is 25.7 Å². The molecule has 4 rings (SSSR count). The van der Waals surface area contributed by atoms with Crippen LogP contribution in [0.1, 0.15) is 27.3 Å². The molecule has 1 aromatic heterocycles. The summed E-state index contributed by atoms with van der Waals surface area (Å²) in [6.45, 7) is 3.90. The molecule has 0 radical (unpaired) electrons. The first-order valence-corrected chi connectivity index (χ1v) is 12.0. The van der Waals surface area contributed by atoms with Crippen molar-refractivity contribution in [3.05, 3.63) is 82.8 Å². The maximum Gasteiger partial charge on any atom is 0.283 e. The fourth-order valence-corrected chi connectivity index (χ4v) is 4.67. The van der Waals surface area contributed by atoms with Crippen molar-refractivity contribution in [3.63, 3.8) is 0 Å². The number of thioether (sulfide) groups is 1. The Labute approximate surface area is 209 Å². The first-order chi connectivity index (χ1) is 16.8. The first-order valence-electron chi connectivity index (χ1n) is 11.0. The molecular formula is C27H27N3O4S. The standard InChI is InChI=1S/C27H27N3O4S/c1-17-13-23(18(2)29(17)3)25(31)16-35-27-28-24(14-19-9-11-21(33-4)12-10-19)26(32)30(27)20-7-6-8-22(15-20)34-5/h6-15H,16H2,1-5H3/b24-14-. The number of hydrogen-bond acceptors (Lipinski definition) is 6. The minimum absolute atomic E-state index is 0.00970. The maximum atomic E-state index is 13.4. The van der Waals surface area contributed by atoms with Gasteiger partial charge in [-0.2, -0.15) is 0 Å². The highest BCUT2D eigenvalue weighted by atomic mass is 32.2. The molecule has 2 aromatic carbocycles. The number of carbonyl (C=O) groups excluding carboxylic acids is 2. The molecule has 0 bridgehead atoms. The molecule has 0 spiro atoms. The molecule has 1 aliphatic heterocycles. The Hall–Kier alpha value is -3.78. The van der Waals surface area contributed by atoms with Crippen molar-refractivity contribution >= 4 is 40.4 Å². The molecule has 3 aromatic rings. The average Bonchev–Trinajstić information content (AvgIpc) is 3.33. The van der Waals surface area contributed by atoms with Crippen molar-refractivity contribution in [2.45, 2.75) is 13.8 Å². The molecule has 0 fully saturated rings. The lowest BCUT2D eigenvalue weighted by Gasteiger charge is -2.18. The third kappa shape index (κ3) is 5.02. The van der Waals surface area contributed by atoms with Gasteiger partial charge in [0.15, 0.2) is 11.0 Å². The van der Waals surface area contributed by atoms with Crippen LogP contribution in [-0.2, 0) is 11.8 Å². The third-order valence-electron chi connectivity index (χ3n) is 5.97. The van der Waals surface area contributed by atoms with E-state index in [2.05, 4.69) is 4.99 Å². The van der Waals surface area contributed by atoms with Crippen molar-refractivity contribution in [2.24, 2.45) is 12.0 Å². The van der Waals surface area contributed by atoms with Gasteiger partial charge in [-0.25, -0.2) is 4.99 Å². The summed E-state index contributed by atoms with van der Waals surface area (Å²) in [5, 5.41) is 0.446. The summed E-state index contributed by atoms with van der Waals surface area (Å²) in [5.41, 5.74) is 4.36. The van der Waals surface area contributed by atoms with Gasteiger partial charge < -0.3 is 14.0 Å². The summed E-state index contributed by atoms with van der Waals surface area (Å²) < 4.78 is 12.5. The zero-order chi connectivity index (χ0) is 25.1. The van der Waals surface area contributed by atoms with Crippen molar-refractivity contribution in [2.75, 3.05) is 24.9 Å². The molecule has 8 heteroatoms. The van der Waals surface area contributed by atoms with Crippen molar-refractivity contribution in [3.8, 4) is 11.5 Å². The number of amides is 1. The van der Waals surface area contributed by atoms with E-state index in [1.807, 2.05) is 74.0 Å². The predicted octanol–water partition coefficient (Wildman–Crippen LogP) is 5.02. The van der Waals surface area contributed by atoms with Crippen LogP contribution in [0, 0.1) is 13.8 Å². The smallest absolute Gasteiger partial charge is 0.283 e. The van der Waals surface area contributed by atoms with Crippen LogP contribution in [0.3, 0.4) is 0 Å². The number of ether oxygens (including phenoxy) is 2. The Balaban J connectivity index is 1.65. The maximum absolute atomic E-state index is 13.4. The number of aryl methyl sites for hydroxylation is 1. The van der Waals surface area contributed by atoms with E-state index in [4.69, 9.17) is 9.47 Å². The monoisotopic (exact) mass is 489 g/mol. The molecule has 0 unspecified atom stereocenters. The van der Waals surface area contributed by atoms with E-state index in [0.29, 0.717) is 27.9 Å². The van der Waals surface area contributed by atoms with Gasteiger partial charge in [-0.1, -0.05) is 30.0 Å². The molecule has 0 N–H and O–H groups in total. The van der Waals surface area contributed by atoms with Gasteiger partial charge in [0.2, 0.25) is 0 Å².